The van der Waals surface area contributed by atoms with Crippen LogP contribution in [0.3, 0.4) is 0 Å². The lowest BCUT2D eigenvalue weighted by atomic mass is 9.74. The Balaban J connectivity index is 2.57. The fourth-order valence-electron chi connectivity index (χ4n) is 2.43. The third-order valence-electron chi connectivity index (χ3n) is 3.34. The topological polar surface area (TPSA) is 38.3 Å². The smallest absolute Gasteiger partial charge is 0.165 e. The Hall–Kier alpha value is -0.410. The van der Waals surface area contributed by atoms with Crippen LogP contribution >= 0.6 is 0 Å². The Bertz CT molecular complexity index is 214. The van der Waals surface area contributed by atoms with Crippen LogP contribution in [-0.4, -0.2) is 31.6 Å². The molecule has 16 heavy (non-hydrogen) atoms. The van der Waals surface area contributed by atoms with Crippen molar-refractivity contribution in [2.45, 2.75) is 52.6 Å². The third kappa shape index (κ3) is 3.56. The summed E-state index contributed by atoms with van der Waals surface area (Å²) in [5.74, 6) is 0.287. The Labute approximate surface area is 98.9 Å². The number of ether oxygens (including phenoxy) is 1. The van der Waals surface area contributed by atoms with E-state index in [1.165, 1.54) is 0 Å². The van der Waals surface area contributed by atoms with Crippen LogP contribution in [0.2, 0.25) is 0 Å². The van der Waals surface area contributed by atoms with Gasteiger partial charge in [-0.15, -0.1) is 0 Å². The second kappa shape index (κ2) is 6.36. The van der Waals surface area contributed by atoms with Gasteiger partial charge in [-0.25, -0.2) is 0 Å². The Morgan fingerprint density at radius 3 is 2.75 bits per heavy atom. The van der Waals surface area contributed by atoms with Gasteiger partial charge in [-0.3, -0.25) is 4.79 Å². The number of hydrogen-bond donors (Lipinski definition) is 1. The van der Waals surface area contributed by atoms with Crippen LogP contribution in [-0.2, 0) is 9.53 Å². The molecular weight excluding hydrogens is 202 g/mol. The fourth-order valence-corrected chi connectivity index (χ4v) is 2.43. The molecule has 1 unspecified atom stereocenters. The van der Waals surface area contributed by atoms with Crippen molar-refractivity contribution < 1.29 is 9.53 Å². The van der Waals surface area contributed by atoms with Crippen molar-refractivity contribution in [3.05, 3.63) is 0 Å². The van der Waals surface area contributed by atoms with Crippen LogP contribution < -0.4 is 5.32 Å². The molecule has 0 radical (unpaired) electrons. The van der Waals surface area contributed by atoms with E-state index in [4.69, 9.17) is 4.74 Å². The number of rotatable bonds is 6. The molecule has 1 heterocycles. The van der Waals surface area contributed by atoms with Gasteiger partial charge in [-0.1, -0.05) is 13.3 Å². The van der Waals surface area contributed by atoms with E-state index in [9.17, 15) is 4.79 Å². The minimum atomic E-state index is -0.151. The number of nitrogens with one attached hydrogen (secondary N) is 1. The van der Waals surface area contributed by atoms with Gasteiger partial charge >= 0.3 is 0 Å². The van der Waals surface area contributed by atoms with Gasteiger partial charge in [0.15, 0.2) is 5.78 Å². The molecule has 0 aromatic heterocycles. The molecule has 0 aliphatic carbocycles. The normalized spacial score (nSPS) is 26.0. The molecule has 1 rings (SSSR count). The number of carbonyl (C=O) groups is 1. The summed E-state index contributed by atoms with van der Waals surface area (Å²) in [6, 6.07) is 0. The van der Waals surface area contributed by atoms with Gasteiger partial charge in [0.2, 0.25) is 0 Å². The van der Waals surface area contributed by atoms with Gasteiger partial charge in [0.1, 0.15) is 6.61 Å². The zero-order valence-electron chi connectivity index (χ0n) is 10.8. The molecule has 1 fully saturated rings. The molecule has 3 nitrogen and oxygen atoms in total. The van der Waals surface area contributed by atoms with Crippen LogP contribution in [0.25, 0.3) is 0 Å². The number of Topliss-reactive ketones (excluding diaryl/α,β-unsaturated/α-hetero) is 1. The van der Waals surface area contributed by atoms with Crippen molar-refractivity contribution in [2.24, 2.45) is 5.41 Å². The highest BCUT2D eigenvalue weighted by Crippen LogP contribution is 2.32. The first-order chi connectivity index (χ1) is 7.60. The first-order valence-corrected chi connectivity index (χ1v) is 6.46. The molecule has 0 aromatic carbocycles. The average Bonchev–Trinajstić information content (AvgIpc) is 2.27. The number of ketones is 1. The van der Waals surface area contributed by atoms with E-state index in [1.807, 2.05) is 13.8 Å². The molecule has 0 saturated carbocycles. The first kappa shape index (κ1) is 13.7. The second-order valence-corrected chi connectivity index (χ2v) is 5.09. The average molecular weight is 227 g/mol. The van der Waals surface area contributed by atoms with E-state index in [-0.39, 0.29) is 23.9 Å². The molecule has 94 valence electrons. The summed E-state index contributed by atoms with van der Waals surface area (Å²) in [4.78, 5) is 12.2. The van der Waals surface area contributed by atoms with E-state index >= 15 is 0 Å². The van der Waals surface area contributed by atoms with E-state index in [0.717, 1.165) is 38.8 Å². The van der Waals surface area contributed by atoms with E-state index in [0.29, 0.717) is 0 Å². The second-order valence-electron chi connectivity index (χ2n) is 5.09. The molecule has 1 saturated heterocycles. The van der Waals surface area contributed by atoms with Gasteiger partial charge in [-0.05, 0) is 39.7 Å². The molecule has 0 bridgehead atoms. The van der Waals surface area contributed by atoms with Crippen LogP contribution in [0.15, 0.2) is 0 Å². The lowest BCUT2D eigenvalue weighted by Gasteiger charge is -2.36. The summed E-state index contributed by atoms with van der Waals surface area (Å²) in [5, 5.41) is 3.35. The van der Waals surface area contributed by atoms with E-state index < -0.39 is 0 Å². The predicted octanol–water partition coefficient (Wildman–Crippen LogP) is 2.15. The number of piperidine rings is 1. The Morgan fingerprint density at radius 2 is 2.25 bits per heavy atom. The first-order valence-electron chi connectivity index (χ1n) is 6.46. The molecule has 1 atom stereocenters. The Kier molecular flexibility index (Phi) is 5.42. The molecule has 1 aliphatic rings. The summed E-state index contributed by atoms with van der Waals surface area (Å²) >= 11 is 0. The zero-order valence-corrected chi connectivity index (χ0v) is 10.8. The maximum absolute atomic E-state index is 12.2. The summed E-state index contributed by atoms with van der Waals surface area (Å²) in [6.07, 6.45) is 4.32. The lowest BCUT2D eigenvalue weighted by molar-refractivity contribution is -0.136. The van der Waals surface area contributed by atoms with Crippen molar-refractivity contribution >= 4 is 5.78 Å². The van der Waals surface area contributed by atoms with Crippen molar-refractivity contribution in [1.29, 1.82) is 0 Å². The van der Waals surface area contributed by atoms with E-state index in [2.05, 4.69) is 12.2 Å². The van der Waals surface area contributed by atoms with Crippen LogP contribution in [0.5, 0.6) is 0 Å². The van der Waals surface area contributed by atoms with E-state index in [1.54, 1.807) is 0 Å². The number of carbonyl (C=O) groups excluding carboxylic acids is 1. The largest absolute Gasteiger partial charge is 0.371 e. The molecule has 0 spiro atoms. The zero-order chi connectivity index (χ0) is 12.0. The van der Waals surface area contributed by atoms with Crippen LogP contribution in [0.1, 0.15) is 46.5 Å². The van der Waals surface area contributed by atoms with Gasteiger partial charge in [0.05, 0.1) is 6.10 Å². The lowest BCUT2D eigenvalue weighted by Crippen LogP contribution is -2.47. The summed E-state index contributed by atoms with van der Waals surface area (Å²) in [6.45, 7) is 8.25. The molecule has 0 amide bonds. The molecular formula is C13H25NO2. The fraction of sp³-hybridized carbons (Fsp3) is 0.923. The Morgan fingerprint density at radius 1 is 1.50 bits per heavy atom. The van der Waals surface area contributed by atoms with Crippen molar-refractivity contribution in [1.82, 2.24) is 5.32 Å². The number of hydrogen-bond acceptors (Lipinski definition) is 3. The molecule has 0 aromatic rings. The highest BCUT2D eigenvalue weighted by atomic mass is 16.5. The predicted molar refractivity (Wildman–Crippen MR) is 65.5 cm³/mol. The molecule has 1 N–H and O–H groups in total. The van der Waals surface area contributed by atoms with Gasteiger partial charge < -0.3 is 10.1 Å². The maximum Gasteiger partial charge on any atom is 0.165 e. The quantitative estimate of drug-likeness (QED) is 0.755. The minimum Gasteiger partial charge on any atom is -0.371 e. The highest BCUT2D eigenvalue weighted by Gasteiger charge is 2.38. The maximum atomic E-state index is 12.2. The summed E-state index contributed by atoms with van der Waals surface area (Å²) in [7, 11) is 0. The molecule has 1 aliphatic heterocycles. The SMILES string of the molecule is CCCC1(C(=O)COC(C)C)CCCNC1. The van der Waals surface area contributed by atoms with Crippen molar-refractivity contribution in [3.63, 3.8) is 0 Å². The van der Waals surface area contributed by atoms with Crippen LogP contribution in [0, 0.1) is 5.41 Å². The third-order valence-corrected chi connectivity index (χ3v) is 3.34. The van der Waals surface area contributed by atoms with Crippen molar-refractivity contribution in [3.8, 4) is 0 Å². The molecule has 3 heteroatoms. The highest BCUT2D eigenvalue weighted by molar-refractivity contribution is 5.86. The van der Waals surface area contributed by atoms with Gasteiger partial charge in [-0.2, -0.15) is 0 Å². The monoisotopic (exact) mass is 227 g/mol. The summed E-state index contributed by atoms with van der Waals surface area (Å²) in [5.41, 5.74) is -0.151. The summed E-state index contributed by atoms with van der Waals surface area (Å²) < 4.78 is 5.45. The van der Waals surface area contributed by atoms with Gasteiger partial charge in [0.25, 0.3) is 0 Å². The van der Waals surface area contributed by atoms with Gasteiger partial charge in [0, 0.05) is 12.0 Å². The van der Waals surface area contributed by atoms with Crippen LogP contribution in [0.4, 0.5) is 0 Å². The van der Waals surface area contributed by atoms with Crippen molar-refractivity contribution in [2.75, 3.05) is 19.7 Å². The minimum absolute atomic E-state index is 0.138. The standard InChI is InChI=1S/C13H25NO2/c1-4-6-13(7-5-8-14-10-13)12(15)9-16-11(2)3/h11,14H,4-10H2,1-3H3.